The first-order valence-corrected chi connectivity index (χ1v) is 6.51. The molecule has 1 saturated carbocycles. The van der Waals surface area contributed by atoms with Crippen LogP contribution in [0.25, 0.3) is 0 Å². The number of amides is 1. The van der Waals surface area contributed by atoms with Crippen LogP contribution in [0.4, 0.5) is 0 Å². The Morgan fingerprint density at radius 1 is 1.35 bits per heavy atom. The van der Waals surface area contributed by atoms with Crippen LogP contribution >= 0.6 is 23.2 Å². The lowest BCUT2D eigenvalue weighted by Crippen LogP contribution is -2.34. The molecule has 0 radical (unpaired) electrons. The van der Waals surface area contributed by atoms with Gasteiger partial charge in [-0.3, -0.25) is 4.79 Å². The Bertz CT molecular complexity index is 455. The number of halogens is 2. The molecule has 1 aliphatic carbocycles. The highest BCUT2D eigenvalue weighted by Crippen LogP contribution is 2.32. The third-order valence-corrected chi connectivity index (χ3v) is 3.90. The molecule has 17 heavy (non-hydrogen) atoms. The standard InChI is InChI=1S/C13H15Cl2NO/c1-7-5-12(15)10(6-11(7)14)13(17)16-8(2)9-3-4-9/h5-6,8-9H,3-4H2,1-2H3,(H,16,17)/t8-/m0/s1. The molecule has 0 spiro atoms. The highest BCUT2D eigenvalue weighted by Gasteiger charge is 2.29. The third kappa shape index (κ3) is 2.93. The van der Waals surface area contributed by atoms with Crippen molar-refractivity contribution < 1.29 is 4.79 Å². The Morgan fingerprint density at radius 3 is 2.59 bits per heavy atom. The Morgan fingerprint density at radius 2 is 2.00 bits per heavy atom. The molecular weight excluding hydrogens is 257 g/mol. The highest BCUT2D eigenvalue weighted by atomic mass is 35.5. The molecule has 1 aliphatic rings. The first-order valence-electron chi connectivity index (χ1n) is 5.75. The zero-order valence-electron chi connectivity index (χ0n) is 9.89. The van der Waals surface area contributed by atoms with Crippen LogP contribution in [-0.4, -0.2) is 11.9 Å². The zero-order valence-corrected chi connectivity index (χ0v) is 11.4. The first-order chi connectivity index (χ1) is 7.99. The van der Waals surface area contributed by atoms with Gasteiger partial charge in [0.15, 0.2) is 0 Å². The molecule has 0 unspecified atom stereocenters. The number of rotatable bonds is 3. The maximum absolute atomic E-state index is 12.0. The molecular formula is C13H15Cl2NO. The summed E-state index contributed by atoms with van der Waals surface area (Å²) in [5.74, 6) is 0.481. The van der Waals surface area contributed by atoms with Crippen molar-refractivity contribution in [1.82, 2.24) is 5.32 Å². The molecule has 0 aromatic heterocycles. The van der Waals surface area contributed by atoms with Gasteiger partial charge >= 0.3 is 0 Å². The summed E-state index contributed by atoms with van der Waals surface area (Å²) < 4.78 is 0. The number of aryl methyl sites for hydroxylation is 1. The number of hydrogen-bond donors (Lipinski definition) is 1. The quantitative estimate of drug-likeness (QED) is 0.890. The van der Waals surface area contributed by atoms with E-state index in [0.717, 1.165) is 5.56 Å². The van der Waals surface area contributed by atoms with Crippen LogP contribution in [0.2, 0.25) is 10.0 Å². The van der Waals surface area contributed by atoms with Gasteiger partial charge in [-0.25, -0.2) is 0 Å². The minimum Gasteiger partial charge on any atom is -0.349 e. The Kier molecular flexibility index (Phi) is 3.64. The maximum Gasteiger partial charge on any atom is 0.253 e. The van der Waals surface area contributed by atoms with Gasteiger partial charge in [0.05, 0.1) is 10.6 Å². The summed E-state index contributed by atoms with van der Waals surface area (Å²) in [5.41, 5.74) is 1.33. The average molecular weight is 272 g/mol. The fourth-order valence-corrected chi connectivity index (χ4v) is 2.29. The summed E-state index contributed by atoms with van der Waals surface area (Å²) >= 11 is 12.1. The van der Waals surface area contributed by atoms with Crippen molar-refractivity contribution in [2.24, 2.45) is 5.92 Å². The molecule has 1 atom stereocenters. The molecule has 1 fully saturated rings. The number of carbonyl (C=O) groups is 1. The average Bonchev–Trinajstić information content (AvgIpc) is 3.06. The van der Waals surface area contributed by atoms with Crippen molar-refractivity contribution in [3.05, 3.63) is 33.3 Å². The van der Waals surface area contributed by atoms with E-state index in [2.05, 4.69) is 5.32 Å². The van der Waals surface area contributed by atoms with Crippen molar-refractivity contribution in [1.29, 1.82) is 0 Å². The lowest BCUT2D eigenvalue weighted by atomic mass is 10.1. The van der Waals surface area contributed by atoms with E-state index in [-0.39, 0.29) is 11.9 Å². The van der Waals surface area contributed by atoms with E-state index < -0.39 is 0 Å². The van der Waals surface area contributed by atoms with Gasteiger partial charge in [0.1, 0.15) is 0 Å². The summed E-state index contributed by atoms with van der Waals surface area (Å²) in [6.07, 6.45) is 2.40. The van der Waals surface area contributed by atoms with Crippen molar-refractivity contribution in [2.75, 3.05) is 0 Å². The van der Waals surface area contributed by atoms with Crippen molar-refractivity contribution in [3.8, 4) is 0 Å². The SMILES string of the molecule is Cc1cc(Cl)c(C(=O)N[C@@H](C)C2CC2)cc1Cl. The van der Waals surface area contributed by atoms with Crippen LogP contribution in [0.1, 0.15) is 35.7 Å². The molecule has 1 amide bonds. The predicted octanol–water partition coefficient (Wildman–Crippen LogP) is 3.83. The molecule has 1 aromatic carbocycles. The second kappa shape index (κ2) is 4.87. The summed E-state index contributed by atoms with van der Waals surface area (Å²) in [5, 5.41) is 3.98. The number of nitrogens with one attached hydrogen (secondary N) is 1. The summed E-state index contributed by atoms with van der Waals surface area (Å²) in [4.78, 5) is 12.0. The van der Waals surface area contributed by atoms with Crippen LogP contribution in [0.3, 0.4) is 0 Å². The van der Waals surface area contributed by atoms with E-state index in [1.54, 1.807) is 12.1 Å². The van der Waals surface area contributed by atoms with Crippen LogP contribution < -0.4 is 5.32 Å². The molecule has 2 rings (SSSR count). The predicted molar refractivity (Wildman–Crippen MR) is 70.9 cm³/mol. The van der Waals surface area contributed by atoms with Gasteiger partial charge in [0, 0.05) is 11.1 Å². The highest BCUT2D eigenvalue weighted by molar-refractivity contribution is 6.36. The molecule has 0 bridgehead atoms. The van der Waals surface area contributed by atoms with Crippen LogP contribution in [-0.2, 0) is 0 Å². The molecule has 4 heteroatoms. The smallest absolute Gasteiger partial charge is 0.253 e. The fourth-order valence-electron chi connectivity index (χ4n) is 1.82. The summed E-state index contributed by atoms with van der Waals surface area (Å²) in [7, 11) is 0. The molecule has 0 saturated heterocycles. The van der Waals surface area contributed by atoms with Crippen molar-refractivity contribution in [2.45, 2.75) is 32.7 Å². The Hall–Kier alpha value is -0.730. The second-order valence-electron chi connectivity index (χ2n) is 4.68. The van der Waals surface area contributed by atoms with Crippen molar-refractivity contribution >= 4 is 29.1 Å². The minimum absolute atomic E-state index is 0.142. The first kappa shape index (κ1) is 12.7. The molecule has 0 heterocycles. The molecule has 1 N–H and O–H groups in total. The Labute approximate surface area is 111 Å². The monoisotopic (exact) mass is 271 g/mol. The van der Waals surface area contributed by atoms with Gasteiger partial charge in [0.25, 0.3) is 5.91 Å². The second-order valence-corrected chi connectivity index (χ2v) is 5.50. The molecule has 0 aliphatic heterocycles. The van der Waals surface area contributed by atoms with Crippen LogP contribution in [0.5, 0.6) is 0 Å². The maximum atomic E-state index is 12.0. The normalized spacial score (nSPS) is 16.7. The minimum atomic E-state index is -0.142. The number of hydrogen-bond acceptors (Lipinski definition) is 1. The number of benzene rings is 1. The van der Waals surface area contributed by atoms with Gasteiger partial charge in [0.2, 0.25) is 0 Å². The Balaban J connectivity index is 2.15. The van der Waals surface area contributed by atoms with E-state index in [1.807, 2.05) is 13.8 Å². The summed E-state index contributed by atoms with van der Waals surface area (Å²) in [6, 6.07) is 3.56. The van der Waals surface area contributed by atoms with E-state index in [1.165, 1.54) is 12.8 Å². The van der Waals surface area contributed by atoms with Gasteiger partial charge < -0.3 is 5.32 Å². The zero-order chi connectivity index (χ0) is 12.6. The van der Waals surface area contributed by atoms with Gasteiger partial charge in [-0.1, -0.05) is 23.2 Å². The van der Waals surface area contributed by atoms with Crippen molar-refractivity contribution in [3.63, 3.8) is 0 Å². The van der Waals surface area contributed by atoms with E-state index in [4.69, 9.17) is 23.2 Å². The largest absolute Gasteiger partial charge is 0.349 e. The van der Waals surface area contributed by atoms with Crippen LogP contribution in [0, 0.1) is 12.8 Å². The van der Waals surface area contributed by atoms with E-state index in [9.17, 15) is 4.79 Å². The van der Waals surface area contributed by atoms with E-state index in [0.29, 0.717) is 21.5 Å². The van der Waals surface area contributed by atoms with E-state index >= 15 is 0 Å². The fraction of sp³-hybridized carbons (Fsp3) is 0.462. The molecule has 2 nitrogen and oxygen atoms in total. The lowest BCUT2D eigenvalue weighted by Gasteiger charge is -2.14. The molecule has 1 aromatic rings. The lowest BCUT2D eigenvalue weighted by molar-refractivity contribution is 0.0936. The molecule has 92 valence electrons. The summed E-state index contributed by atoms with van der Waals surface area (Å²) in [6.45, 7) is 3.89. The topological polar surface area (TPSA) is 29.1 Å². The van der Waals surface area contributed by atoms with Gasteiger partial charge in [-0.05, 0) is 50.3 Å². The number of carbonyl (C=O) groups excluding carboxylic acids is 1. The third-order valence-electron chi connectivity index (χ3n) is 3.18. The van der Waals surface area contributed by atoms with Crippen LogP contribution in [0.15, 0.2) is 12.1 Å². The van der Waals surface area contributed by atoms with Gasteiger partial charge in [-0.15, -0.1) is 0 Å². The van der Waals surface area contributed by atoms with Gasteiger partial charge in [-0.2, -0.15) is 0 Å².